The molecule has 0 unspecified atom stereocenters. The second kappa shape index (κ2) is 11.8. The Labute approximate surface area is 258 Å². The van der Waals surface area contributed by atoms with Crippen LogP contribution in [0.3, 0.4) is 0 Å². The predicted octanol–water partition coefficient (Wildman–Crippen LogP) is 5.45. The lowest BCUT2D eigenvalue weighted by Crippen LogP contribution is -2.48. The van der Waals surface area contributed by atoms with Crippen molar-refractivity contribution in [2.24, 2.45) is 17.8 Å². The van der Waals surface area contributed by atoms with Gasteiger partial charge in [-0.2, -0.15) is 18.3 Å². The fourth-order valence-electron chi connectivity index (χ4n) is 6.30. The van der Waals surface area contributed by atoms with Gasteiger partial charge in [0.1, 0.15) is 11.6 Å². The third kappa shape index (κ3) is 6.42. The van der Waals surface area contributed by atoms with E-state index in [-0.39, 0.29) is 46.4 Å². The van der Waals surface area contributed by atoms with Gasteiger partial charge in [0.05, 0.1) is 35.7 Å². The van der Waals surface area contributed by atoms with Crippen molar-refractivity contribution < 1.29 is 40.3 Å². The van der Waals surface area contributed by atoms with Crippen LogP contribution >= 0.6 is 0 Å². The Kier molecular flexibility index (Phi) is 8.49. The van der Waals surface area contributed by atoms with Gasteiger partial charge in [0, 0.05) is 35.0 Å². The van der Waals surface area contributed by atoms with Gasteiger partial charge in [0.2, 0.25) is 5.91 Å². The molecule has 2 fully saturated rings. The molecule has 2 aliphatic rings. The lowest BCUT2D eigenvalue weighted by atomic mass is 9.83. The molecule has 5 rings (SSSR count). The van der Waals surface area contributed by atoms with E-state index in [1.807, 2.05) is 26.8 Å². The van der Waals surface area contributed by atoms with Crippen molar-refractivity contribution in [1.29, 1.82) is 0 Å². The summed E-state index contributed by atoms with van der Waals surface area (Å²) in [5, 5.41) is 10.0. The van der Waals surface area contributed by atoms with Crippen molar-refractivity contribution in [3.63, 3.8) is 0 Å². The number of ether oxygens (including phenoxy) is 1. The van der Waals surface area contributed by atoms with Gasteiger partial charge in [-0.3, -0.25) is 14.3 Å². The topological polar surface area (TPSA) is 119 Å². The summed E-state index contributed by atoms with van der Waals surface area (Å²) in [6, 6.07) is 7.74. The third-order valence-corrected chi connectivity index (χ3v) is 10.1. The van der Waals surface area contributed by atoms with E-state index < -0.39 is 49.8 Å². The van der Waals surface area contributed by atoms with E-state index in [1.54, 1.807) is 10.9 Å². The van der Waals surface area contributed by atoms with Crippen LogP contribution in [-0.2, 0) is 26.6 Å². The van der Waals surface area contributed by atoms with Crippen molar-refractivity contribution in [2.75, 3.05) is 12.4 Å². The molecule has 4 atom stereocenters. The molecule has 1 aromatic heterocycles. The summed E-state index contributed by atoms with van der Waals surface area (Å²) in [5.41, 5.74) is -4.71. The summed E-state index contributed by atoms with van der Waals surface area (Å²) < 4.78 is 85.0. The summed E-state index contributed by atoms with van der Waals surface area (Å²) >= 11 is 0. The van der Waals surface area contributed by atoms with E-state index in [2.05, 4.69) is 15.7 Å². The molecular weight excluding hydrogens is 616 g/mol. The zero-order chi connectivity index (χ0) is 32.9. The molecule has 0 saturated heterocycles. The molecule has 242 valence electrons. The Morgan fingerprint density at radius 2 is 1.78 bits per heavy atom. The number of aromatic nitrogens is 2. The van der Waals surface area contributed by atoms with Crippen molar-refractivity contribution >= 4 is 27.3 Å². The quantitative estimate of drug-likeness (QED) is 0.313. The Hall–Kier alpha value is -3.94. The SMILES string of the molecule is COc1cc(F)c(Cn2ccc(C(C)(C)C)n2)cc1C(=O)N[C@@H]1[C@H]2CC[C@H](C2)[C@@H]1C(=O)Nc1cccc(S(=O)(=O)C(F)(F)F)c1. The van der Waals surface area contributed by atoms with Gasteiger partial charge < -0.3 is 15.4 Å². The van der Waals surface area contributed by atoms with Gasteiger partial charge in [-0.15, -0.1) is 0 Å². The van der Waals surface area contributed by atoms with Crippen molar-refractivity contribution in [3.05, 3.63) is 71.3 Å². The maximum Gasteiger partial charge on any atom is 0.501 e. The van der Waals surface area contributed by atoms with Gasteiger partial charge in [-0.05, 0) is 61.4 Å². The average Bonchev–Trinajstić information content (AvgIpc) is 3.70. The van der Waals surface area contributed by atoms with Crippen LogP contribution in [0, 0.1) is 23.6 Å². The van der Waals surface area contributed by atoms with Crippen molar-refractivity contribution in [1.82, 2.24) is 15.1 Å². The van der Waals surface area contributed by atoms with Gasteiger partial charge >= 0.3 is 5.51 Å². The van der Waals surface area contributed by atoms with E-state index in [9.17, 15) is 31.2 Å². The minimum absolute atomic E-state index is 0.0106. The molecular formula is C31H34F4N4O5S. The molecule has 0 spiro atoms. The lowest BCUT2D eigenvalue weighted by Gasteiger charge is -2.31. The monoisotopic (exact) mass is 650 g/mol. The van der Waals surface area contributed by atoms with E-state index in [4.69, 9.17) is 4.74 Å². The first-order valence-electron chi connectivity index (χ1n) is 14.4. The maximum absolute atomic E-state index is 15.1. The number of hydrogen-bond donors (Lipinski definition) is 2. The molecule has 9 nitrogen and oxygen atoms in total. The molecule has 2 aromatic carbocycles. The normalized spacial score (nSPS) is 21.5. The molecule has 1 heterocycles. The first-order chi connectivity index (χ1) is 21.0. The standard InChI is InChI=1S/C31H34F4N4O5S/c1-30(2,3)25-10-11-39(38-25)16-19-13-22(24(44-4)15-23(19)32)28(40)37-27-18-9-8-17(12-18)26(27)29(41)36-20-6-5-7-21(14-20)45(42,43)31(33,34)35/h5-7,10-11,13-15,17-18,26-27H,8-9,12,16H2,1-4H3,(H,36,41)(H,37,40)/t17-,18+,26+,27-/m1/s1. The smallest absolute Gasteiger partial charge is 0.496 e. The number of carbonyl (C=O) groups excluding carboxylic acids is 2. The molecule has 3 aromatic rings. The number of carbonyl (C=O) groups is 2. The number of fused-ring (bicyclic) bond motifs is 2. The lowest BCUT2D eigenvalue weighted by molar-refractivity contribution is -0.122. The Balaban J connectivity index is 1.36. The van der Waals surface area contributed by atoms with Crippen LogP contribution in [0.25, 0.3) is 0 Å². The molecule has 2 bridgehead atoms. The second-order valence-corrected chi connectivity index (χ2v) is 14.6. The van der Waals surface area contributed by atoms with Crippen molar-refractivity contribution in [3.8, 4) is 5.75 Å². The number of halogens is 4. The summed E-state index contributed by atoms with van der Waals surface area (Å²) in [5.74, 6) is -2.53. The summed E-state index contributed by atoms with van der Waals surface area (Å²) in [4.78, 5) is 26.1. The Morgan fingerprint density at radius 1 is 1.07 bits per heavy atom. The zero-order valence-electron chi connectivity index (χ0n) is 25.1. The van der Waals surface area contributed by atoms with E-state index in [0.29, 0.717) is 6.42 Å². The second-order valence-electron chi connectivity index (χ2n) is 12.6. The molecule has 2 N–H and O–H groups in total. The average molecular weight is 651 g/mol. The zero-order valence-corrected chi connectivity index (χ0v) is 25.9. The van der Waals surface area contributed by atoms with Gasteiger partial charge in [0.15, 0.2) is 0 Å². The fourth-order valence-corrected chi connectivity index (χ4v) is 7.10. The molecule has 14 heteroatoms. The number of hydrogen-bond acceptors (Lipinski definition) is 6. The summed E-state index contributed by atoms with van der Waals surface area (Å²) in [6.07, 6.45) is 3.88. The number of alkyl halides is 3. The first kappa shape index (κ1) is 32.5. The number of rotatable bonds is 8. The number of anilines is 1. The molecule has 0 aliphatic heterocycles. The van der Waals surface area contributed by atoms with Gasteiger partial charge in [-0.25, -0.2) is 12.8 Å². The van der Waals surface area contributed by atoms with Crippen LogP contribution in [0.4, 0.5) is 23.2 Å². The number of benzene rings is 2. The molecule has 2 aliphatic carbocycles. The highest BCUT2D eigenvalue weighted by Gasteiger charge is 2.52. The number of nitrogens with one attached hydrogen (secondary N) is 2. The summed E-state index contributed by atoms with van der Waals surface area (Å²) in [7, 11) is -4.30. The predicted molar refractivity (Wildman–Crippen MR) is 157 cm³/mol. The highest BCUT2D eigenvalue weighted by molar-refractivity contribution is 7.92. The molecule has 2 saturated carbocycles. The number of methoxy groups -OCH3 is 1. The number of amides is 2. The maximum atomic E-state index is 15.1. The van der Waals surface area contributed by atoms with Crippen LogP contribution in [0.5, 0.6) is 5.75 Å². The number of sulfone groups is 1. The van der Waals surface area contributed by atoms with Crippen LogP contribution in [0.15, 0.2) is 53.6 Å². The third-order valence-electron chi connectivity index (χ3n) is 8.59. The minimum Gasteiger partial charge on any atom is -0.496 e. The van der Waals surface area contributed by atoms with E-state index in [0.717, 1.165) is 42.8 Å². The van der Waals surface area contributed by atoms with E-state index >= 15 is 4.39 Å². The van der Waals surface area contributed by atoms with Crippen LogP contribution in [0.1, 0.15) is 61.6 Å². The summed E-state index contributed by atoms with van der Waals surface area (Å²) in [6.45, 7) is 6.09. The Bertz CT molecular complexity index is 1730. The highest BCUT2D eigenvalue weighted by atomic mass is 32.2. The Morgan fingerprint density at radius 3 is 2.42 bits per heavy atom. The minimum atomic E-state index is -5.61. The fraction of sp³-hybridized carbons (Fsp3) is 0.452. The van der Waals surface area contributed by atoms with Gasteiger partial charge in [-0.1, -0.05) is 26.8 Å². The van der Waals surface area contributed by atoms with Gasteiger partial charge in [0.25, 0.3) is 15.7 Å². The molecule has 0 radical (unpaired) electrons. The van der Waals surface area contributed by atoms with Crippen LogP contribution < -0.4 is 15.4 Å². The highest BCUT2D eigenvalue weighted by Crippen LogP contribution is 2.49. The number of nitrogens with zero attached hydrogens (tertiary/aromatic N) is 2. The first-order valence-corrected chi connectivity index (χ1v) is 15.9. The van der Waals surface area contributed by atoms with Crippen LogP contribution in [0.2, 0.25) is 0 Å². The molecule has 45 heavy (non-hydrogen) atoms. The molecule has 2 amide bonds. The van der Waals surface area contributed by atoms with Crippen LogP contribution in [-0.4, -0.2) is 48.7 Å². The van der Waals surface area contributed by atoms with Crippen molar-refractivity contribution in [2.45, 2.75) is 68.4 Å². The van der Waals surface area contributed by atoms with E-state index in [1.165, 1.54) is 19.2 Å². The largest absolute Gasteiger partial charge is 0.501 e.